The Morgan fingerprint density at radius 2 is 1.75 bits per heavy atom. The lowest BCUT2D eigenvalue weighted by atomic mass is 10.1. The molecule has 32 heavy (non-hydrogen) atoms. The summed E-state index contributed by atoms with van der Waals surface area (Å²) in [5.41, 5.74) is 6.36. The van der Waals surface area contributed by atoms with Crippen molar-refractivity contribution in [3.05, 3.63) is 93.0 Å². The third-order valence-corrected chi connectivity index (χ3v) is 5.00. The summed E-state index contributed by atoms with van der Waals surface area (Å²) < 4.78 is 5.53. The summed E-state index contributed by atoms with van der Waals surface area (Å²) in [5.74, 6) is -0.285. The second-order valence-corrected chi connectivity index (χ2v) is 7.89. The van der Waals surface area contributed by atoms with E-state index in [1.807, 2.05) is 32.0 Å². The Morgan fingerprint density at radius 1 is 1.00 bits per heavy atom. The van der Waals surface area contributed by atoms with E-state index < -0.39 is 0 Å². The van der Waals surface area contributed by atoms with Crippen LogP contribution >= 0.6 is 23.2 Å². The lowest BCUT2D eigenvalue weighted by Gasteiger charge is -2.11. The summed E-state index contributed by atoms with van der Waals surface area (Å²) in [6.45, 7) is 3.74. The molecule has 0 heterocycles. The van der Waals surface area contributed by atoms with Gasteiger partial charge in [-0.2, -0.15) is 5.10 Å². The van der Waals surface area contributed by atoms with E-state index in [0.717, 1.165) is 16.8 Å². The highest BCUT2D eigenvalue weighted by Gasteiger charge is 2.09. The zero-order chi connectivity index (χ0) is 23.1. The van der Waals surface area contributed by atoms with E-state index >= 15 is 0 Å². The number of hydrogen-bond acceptors (Lipinski definition) is 4. The maximum Gasteiger partial charge on any atom is 0.271 e. The number of ether oxygens (including phenoxy) is 1. The number of carbonyl (C=O) groups is 2. The van der Waals surface area contributed by atoms with Crippen LogP contribution in [0.15, 0.2) is 65.8 Å². The Labute approximate surface area is 196 Å². The Bertz CT molecular complexity index is 1160. The van der Waals surface area contributed by atoms with Crippen LogP contribution in [-0.4, -0.2) is 24.6 Å². The molecule has 0 atom stereocenters. The molecule has 0 aliphatic rings. The second-order valence-electron chi connectivity index (χ2n) is 7.05. The number of aryl methyl sites for hydroxylation is 2. The van der Waals surface area contributed by atoms with Crippen molar-refractivity contribution in [1.29, 1.82) is 0 Å². The predicted octanol–water partition coefficient (Wildman–Crippen LogP) is 5.39. The van der Waals surface area contributed by atoms with Gasteiger partial charge in [0.2, 0.25) is 0 Å². The monoisotopic (exact) mass is 469 g/mol. The quantitative estimate of drug-likeness (QED) is 0.359. The van der Waals surface area contributed by atoms with Gasteiger partial charge < -0.3 is 10.1 Å². The van der Waals surface area contributed by atoms with Gasteiger partial charge in [0.15, 0.2) is 6.61 Å². The fourth-order valence-corrected chi connectivity index (χ4v) is 3.20. The van der Waals surface area contributed by atoms with Gasteiger partial charge in [0.05, 0.1) is 11.2 Å². The Balaban J connectivity index is 1.53. The van der Waals surface area contributed by atoms with Gasteiger partial charge in [0.25, 0.3) is 11.8 Å². The van der Waals surface area contributed by atoms with E-state index in [2.05, 4.69) is 15.8 Å². The van der Waals surface area contributed by atoms with Crippen molar-refractivity contribution in [2.75, 3.05) is 11.9 Å². The number of rotatable bonds is 7. The SMILES string of the molecule is Cc1ccc(NC(=O)COc2ccc(/C=N/NC(=O)c3ccc(Cl)cc3)cc2Cl)c(C)c1. The van der Waals surface area contributed by atoms with Gasteiger partial charge in [0, 0.05) is 16.3 Å². The molecule has 0 unspecified atom stereocenters. The maximum atomic E-state index is 12.2. The van der Waals surface area contributed by atoms with Crippen molar-refractivity contribution in [2.24, 2.45) is 5.10 Å². The molecule has 0 aliphatic heterocycles. The van der Waals surface area contributed by atoms with E-state index in [0.29, 0.717) is 26.9 Å². The van der Waals surface area contributed by atoms with Crippen molar-refractivity contribution < 1.29 is 14.3 Å². The summed E-state index contributed by atoms with van der Waals surface area (Å²) in [7, 11) is 0. The highest BCUT2D eigenvalue weighted by atomic mass is 35.5. The van der Waals surface area contributed by atoms with E-state index in [1.54, 1.807) is 42.5 Å². The summed E-state index contributed by atoms with van der Waals surface area (Å²) >= 11 is 12.1. The van der Waals surface area contributed by atoms with Crippen molar-refractivity contribution in [1.82, 2.24) is 5.43 Å². The zero-order valence-electron chi connectivity index (χ0n) is 17.5. The van der Waals surface area contributed by atoms with Gasteiger partial charge in [-0.25, -0.2) is 5.43 Å². The normalized spacial score (nSPS) is 10.8. The number of amides is 2. The first-order chi connectivity index (χ1) is 15.3. The van der Waals surface area contributed by atoms with Crippen LogP contribution in [0.25, 0.3) is 0 Å². The smallest absolute Gasteiger partial charge is 0.271 e. The number of benzene rings is 3. The Morgan fingerprint density at radius 3 is 2.44 bits per heavy atom. The first kappa shape index (κ1) is 23.3. The van der Waals surface area contributed by atoms with Gasteiger partial charge in [-0.15, -0.1) is 0 Å². The molecule has 2 amide bonds. The van der Waals surface area contributed by atoms with Crippen LogP contribution in [0, 0.1) is 13.8 Å². The molecule has 8 heteroatoms. The van der Waals surface area contributed by atoms with Crippen LogP contribution in [0.3, 0.4) is 0 Å². The van der Waals surface area contributed by atoms with Gasteiger partial charge in [-0.05, 0) is 73.5 Å². The van der Waals surface area contributed by atoms with Crippen molar-refractivity contribution >= 4 is 46.9 Å². The summed E-state index contributed by atoms with van der Waals surface area (Å²) in [4.78, 5) is 24.2. The van der Waals surface area contributed by atoms with E-state index in [4.69, 9.17) is 27.9 Å². The highest BCUT2D eigenvalue weighted by Crippen LogP contribution is 2.25. The summed E-state index contributed by atoms with van der Waals surface area (Å²) in [6, 6.07) is 17.2. The highest BCUT2D eigenvalue weighted by molar-refractivity contribution is 6.32. The predicted molar refractivity (Wildman–Crippen MR) is 128 cm³/mol. The average Bonchev–Trinajstić information content (AvgIpc) is 2.75. The molecule has 0 radical (unpaired) electrons. The molecule has 0 spiro atoms. The van der Waals surface area contributed by atoms with E-state index in [-0.39, 0.29) is 18.4 Å². The number of hydrazone groups is 1. The van der Waals surface area contributed by atoms with Gasteiger partial charge in [0.1, 0.15) is 5.75 Å². The average molecular weight is 470 g/mol. The van der Waals surface area contributed by atoms with Crippen LogP contribution in [0.4, 0.5) is 5.69 Å². The standard InChI is InChI=1S/C24H21Cl2N3O3/c1-15-3-9-21(16(2)11-15)28-23(30)14-32-22-10-4-17(12-20(22)26)13-27-29-24(31)18-5-7-19(25)8-6-18/h3-13H,14H2,1-2H3,(H,28,30)(H,29,31)/b27-13+. The van der Waals surface area contributed by atoms with E-state index in [1.165, 1.54) is 6.21 Å². The van der Waals surface area contributed by atoms with Crippen molar-refractivity contribution in [3.8, 4) is 5.75 Å². The molecule has 0 bridgehead atoms. The van der Waals surface area contributed by atoms with Crippen LogP contribution in [-0.2, 0) is 4.79 Å². The van der Waals surface area contributed by atoms with Gasteiger partial charge in [-0.3, -0.25) is 9.59 Å². The van der Waals surface area contributed by atoms with Crippen LogP contribution in [0.1, 0.15) is 27.0 Å². The first-order valence-corrected chi connectivity index (χ1v) is 10.5. The molecule has 3 aromatic rings. The molecule has 0 aromatic heterocycles. The zero-order valence-corrected chi connectivity index (χ0v) is 19.0. The van der Waals surface area contributed by atoms with Crippen LogP contribution in [0.2, 0.25) is 10.0 Å². The summed E-state index contributed by atoms with van der Waals surface area (Å²) in [6.07, 6.45) is 1.45. The molecule has 2 N–H and O–H groups in total. The topological polar surface area (TPSA) is 79.8 Å². The van der Waals surface area contributed by atoms with E-state index in [9.17, 15) is 9.59 Å². The fourth-order valence-electron chi connectivity index (χ4n) is 2.83. The van der Waals surface area contributed by atoms with Crippen molar-refractivity contribution in [2.45, 2.75) is 13.8 Å². The minimum atomic E-state index is -0.362. The van der Waals surface area contributed by atoms with Gasteiger partial charge in [-0.1, -0.05) is 40.9 Å². The molecule has 0 aliphatic carbocycles. The number of halogens is 2. The molecule has 0 saturated carbocycles. The van der Waals surface area contributed by atoms with Crippen molar-refractivity contribution in [3.63, 3.8) is 0 Å². The Kier molecular flexibility index (Phi) is 7.87. The molecule has 0 saturated heterocycles. The third kappa shape index (κ3) is 6.57. The van der Waals surface area contributed by atoms with Gasteiger partial charge >= 0.3 is 0 Å². The molecular weight excluding hydrogens is 449 g/mol. The minimum absolute atomic E-state index is 0.183. The molecular formula is C24H21Cl2N3O3. The largest absolute Gasteiger partial charge is 0.482 e. The molecule has 3 aromatic carbocycles. The number of hydrogen-bond donors (Lipinski definition) is 2. The number of nitrogens with zero attached hydrogens (tertiary/aromatic N) is 1. The first-order valence-electron chi connectivity index (χ1n) is 9.70. The summed E-state index contributed by atoms with van der Waals surface area (Å²) in [5, 5.41) is 7.61. The lowest BCUT2D eigenvalue weighted by Crippen LogP contribution is -2.20. The molecule has 3 rings (SSSR count). The van der Waals surface area contributed by atoms with Crippen LogP contribution < -0.4 is 15.5 Å². The number of nitrogens with one attached hydrogen (secondary N) is 2. The number of anilines is 1. The number of carbonyl (C=O) groups excluding carboxylic acids is 2. The third-order valence-electron chi connectivity index (χ3n) is 4.46. The second kappa shape index (κ2) is 10.8. The van der Waals surface area contributed by atoms with Crippen LogP contribution in [0.5, 0.6) is 5.75 Å². The maximum absolute atomic E-state index is 12.2. The molecule has 6 nitrogen and oxygen atoms in total. The fraction of sp³-hybridized carbons (Fsp3) is 0.125. The minimum Gasteiger partial charge on any atom is -0.482 e. The molecule has 164 valence electrons. The lowest BCUT2D eigenvalue weighted by molar-refractivity contribution is -0.118. The molecule has 0 fully saturated rings. The Hall–Kier alpha value is -3.35.